The van der Waals surface area contributed by atoms with E-state index < -0.39 is 24.4 Å². The van der Waals surface area contributed by atoms with Gasteiger partial charge in [-0.3, -0.25) is 14.2 Å². The summed E-state index contributed by atoms with van der Waals surface area (Å²) in [6, 6.07) is 14.5. The maximum atomic E-state index is 13.5. The molecule has 0 saturated heterocycles. The molecule has 0 aliphatic carbocycles. The highest BCUT2D eigenvalue weighted by Crippen LogP contribution is 2.26. The summed E-state index contributed by atoms with van der Waals surface area (Å²) < 4.78 is 33.1. The minimum atomic E-state index is -2.80. The first-order chi connectivity index (χ1) is 14.0. The van der Waals surface area contributed by atoms with Gasteiger partial charge in [-0.05, 0) is 31.2 Å². The van der Waals surface area contributed by atoms with E-state index in [-0.39, 0.29) is 24.5 Å². The van der Waals surface area contributed by atoms with Crippen LogP contribution in [0.4, 0.5) is 8.78 Å². The Labute approximate surface area is 165 Å². The van der Waals surface area contributed by atoms with E-state index in [9.17, 15) is 18.4 Å². The molecular formula is C20H20F2N4O3. The molecule has 0 fully saturated rings. The topological polar surface area (TPSA) is 85.2 Å². The van der Waals surface area contributed by atoms with Crippen molar-refractivity contribution in [3.8, 4) is 5.75 Å². The van der Waals surface area contributed by atoms with Crippen molar-refractivity contribution >= 4 is 22.8 Å². The van der Waals surface area contributed by atoms with Crippen LogP contribution in [0, 0.1) is 0 Å². The lowest BCUT2D eigenvalue weighted by Crippen LogP contribution is -2.40. The van der Waals surface area contributed by atoms with Crippen LogP contribution in [0.2, 0.25) is 0 Å². The molecule has 152 valence electrons. The zero-order chi connectivity index (χ0) is 20.8. The summed E-state index contributed by atoms with van der Waals surface area (Å²) >= 11 is 0. The first-order valence-electron chi connectivity index (χ1n) is 8.94. The number of aromatic nitrogens is 2. The molecule has 9 heteroatoms. The largest absolute Gasteiger partial charge is 0.484 e. The Kier molecular flexibility index (Phi) is 6.38. The number of hydrogen-bond donors (Lipinski definition) is 2. The zero-order valence-electron chi connectivity index (χ0n) is 15.6. The van der Waals surface area contributed by atoms with Crippen molar-refractivity contribution in [2.45, 2.75) is 19.5 Å². The Bertz CT molecular complexity index is 992. The van der Waals surface area contributed by atoms with Gasteiger partial charge in [-0.1, -0.05) is 30.3 Å². The Morgan fingerprint density at radius 1 is 1.07 bits per heavy atom. The Morgan fingerprint density at radius 3 is 2.48 bits per heavy atom. The molecular weight excluding hydrogens is 382 g/mol. The number of amides is 2. The van der Waals surface area contributed by atoms with Crippen molar-refractivity contribution in [2.24, 2.45) is 0 Å². The van der Waals surface area contributed by atoms with Gasteiger partial charge in [-0.15, -0.1) is 0 Å². The summed E-state index contributed by atoms with van der Waals surface area (Å²) in [5.41, 5.74) is 0.695. The number of rotatable bonds is 8. The van der Waals surface area contributed by atoms with Crippen LogP contribution < -0.4 is 15.4 Å². The molecule has 0 spiro atoms. The van der Waals surface area contributed by atoms with Gasteiger partial charge < -0.3 is 15.4 Å². The average molecular weight is 402 g/mol. The van der Waals surface area contributed by atoms with Crippen LogP contribution in [0.1, 0.15) is 25.3 Å². The predicted octanol–water partition coefficient (Wildman–Crippen LogP) is 2.80. The van der Waals surface area contributed by atoms with Gasteiger partial charge in [-0.25, -0.2) is 4.98 Å². The summed E-state index contributed by atoms with van der Waals surface area (Å²) in [5, 5.41) is 4.99. The number of nitrogens with one attached hydrogen (secondary N) is 2. The van der Waals surface area contributed by atoms with Crippen LogP contribution >= 0.6 is 0 Å². The van der Waals surface area contributed by atoms with Gasteiger partial charge in [0.1, 0.15) is 11.6 Å². The van der Waals surface area contributed by atoms with Crippen LogP contribution in [0.25, 0.3) is 11.0 Å². The van der Waals surface area contributed by atoms with Crippen LogP contribution in [-0.2, 0) is 9.59 Å². The molecule has 2 aromatic carbocycles. The Hall–Kier alpha value is -3.49. The molecule has 0 unspecified atom stereocenters. The van der Waals surface area contributed by atoms with E-state index in [4.69, 9.17) is 4.74 Å². The monoisotopic (exact) mass is 402 g/mol. The van der Waals surface area contributed by atoms with Crippen molar-refractivity contribution in [1.82, 2.24) is 20.2 Å². The third kappa shape index (κ3) is 5.07. The fraction of sp³-hybridized carbons (Fsp3) is 0.250. The summed E-state index contributed by atoms with van der Waals surface area (Å²) in [6.07, 6.45) is 0. The van der Waals surface area contributed by atoms with Gasteiger partial charge in [0.15, 0.2) is 6.61 Å². The maximum absolute atomic E-state index is 13.5. The lowest BCUT2D eigenvalue weighted by Gasteiger charge is -2.16. The highest BCUT2D eigenvalue weighted by molar-refractivity contribution is 5.85. The Morgan fingerprint density at radius 2 is 1.76 bits per heavy atom. The Balaban J connectivity index is 1.55. The van der Waals surface area contributed by atoms with Crippen molar-refractivity contribution in [3.63, 3.8) is 0 Å². The number of ether oxygens (including phenoxy) is 1. The molecule has 2 amide bonds. The molecule has 1 aromatic heterocycles. The summed E-state index contributed by atoms with van der Waals surface area (Å²) in [5.74, 6) is -0.435. The van der Waals surface area contributed by atoms with E-state index in [1.807, 2.05) is 6.07 Å². The molecule has 0 bridgehead atoms. The lowest BCUT2D eigenvalue weighted by atomic mass is 10.3. The number of fused-ring (bicyclic) bond motifs is 1. The number of imidazole rings is 1. The SMILES string of the molecule is C[C@@H](NC(=O)CNC(=O)COc1ccccc1)c1nc2ccccc2n1C(F)F. The summed E-state index contributed by atoms with van der Waals surface area (Å²) in [7, 11) is 0. The summed E-state index contributed by atoms with van der Waals surface area (Å²) in [6.45, 7) is -1.80. The molecule has 0 aliphatic rings. The fourth-order valence-electron chi connectivity index (χ4n) is 2.83. The van der Waals surface area contributed by atoms with E-state index in [1.165, 1.54) is 0 Å². The van der Waals surface area contributed by atoms with Gasteiger partial charge in [-0.2, -0.15) is 8.78 Å². The number of para-hydroxylation sites is 3. The van der Waals surface area contributed by atoms with Crippen LogP contribution in [0.3, 0.4) is 0 Å². The molecule has 7 nitrogen and oxygen atoms in total. The number of halogens is 2. The molecule has 0 saturated carbocycles. The van der Waals surface area contributed by atoms with E-state index in [0.29, 0.717) is 11.3 Å². The molecule has 1 atom stereocenters. The second-order valence-corrected chi connectivity index (χ2v) is 6.27. The molecule has 0 radical (unpaired) electrons. The van der Waals surface area contributed by atoms with Crippen LogP contribution in [-0.4, -0.2) is 34.5 Å². The number of carbonyl (C=O) groups excluding carboxylic acids is 2. The van der Waals surface area contributed by atoms with Gasteiger partial charge >= 0.3 is 6.55 Å². The zero-order valence-corrected chi connectivity index (χ0v) is 15.6. The first-order valence-corrected chi connectivity index (χ1v) is 8.94. The third-order valence-corrected chi connectivity index (χ3v) is 4.14. The number of nitrogens with zero attached hydrogens (tertiary/aromatic N) is 2. The van der Waals surface area contributed by atoms with Crippen LogP contribution in [0.5, 0.6) is 5.75 Å². The molecule has 0 aliphatic heterocycles. The van der Waals surface area contributed by atoms with E-state index >= 15 is 0 Å². The number of carbonyl (C=O) groups is 2. The normalized spacial score (nSPS) is 12.0. The second-order valence-electron chi connectivity index (χ2n) is 6.27. The molecule has 3 rings (SSSR count). The van der Waals surface area contributed by atoms with Crippen molar-refractivity contribution in [3.05, 3.63) is 60.4 Å². The highest BCUT2D eigenvalue weighted by atomic mass is 19.3. The minimum absolute atomic E-state index is 0.0355. The van der Waals surface area contributed by atoms with Gasteiger partial charge in [0, 0.05) is 0 Å². The minimum Gasteiger partial charge on any atom is -0.484 e. The van der Waals surface area contributed by atoms with E-state index in [2.05, 4.69) is 15.6 Å². The average Bonchev–Trinajstić information content (AvgIpc) is 3.11. The van der Waals surface area contributed by atoms with Gasteiger partial charge in [0.05, 0.1) is 23.6 Å². The number of benzene rings is 2. The summed E-state index contributed by atoms with van der Waals surface area (Å²) in [4.78, 5) is 28.1. The van der Waals surface area contributed by atoms with Crippen molar-refractivity contribution < 1.29 is 23.1 Å². The second kappa shape index (κ2) is 9.13. The first kappa shape index (κ1) is 20.2. The molecule has 3 aromatic rings. The molecule has 2 N–H and O–H groups in total. The quantitative estimate of drug-likeness (QED) is 0.607. The van der Waals surface area contributed by atoms with Crippen LogP contribution in [0.15, 0.2) is 54.6 Å². The standard InChI is InChI=1S/C20H20F2N4O3/c1-13(19-25-15-9-5-6-10-16(15)26(19)20(21)22)24-17(27)11-23-18(28)12-29-14-7-3-2-4-8-14/h2-10,13,20H,11-12H2,1H3,(H,23,28)(H,24,27)/t13-/m1/s1. The maximum Gasteiger partial charge on any atom is 0.320 e. The smallest absolute Gasteiger partial charge is 0.320 e. The molecule has 1 heterocycles. The highest BCUT2D eigenvalue weighted by Gasteiger charge is 2.22. The van der Waals surface area contributed by atoms with E-state index in [1.54, 1.807) is 55.5 Å². The third-order valence-electron chi connectivity index (χ3n) is 4.14. The van der Waals surface area contributed by atoms with Crippen molar-refractivity contribution in [1.29, 1.82) is 0 Å². The van der Waals surface area contributed by atoms with E-state index in [0.717, 1.165) is 4.57 Å². The van der Waals surface area contributed by atoms with Gasteiger partial charge in [0.2, 0.25) is 5.91 Å². The number of hydrogen-bond acceptors (Lipinski definition) is 4. The van der Waals surface area contributed by atoms with Crippen molar-refractivity contribution in [2.75, 3.05) is 13.2 Å². The molecule has 29 heavy (non-hydrogen) atoms. The van der Waals surface area contributed by atoms with Gasteiger partial charge in [0.25, 0.3) is 5.91 Å². The lowest BCUT2D eigenvalue weighted by molar-refractivity contribution is -0.127. The predicted molar refractivity (Wildman–Crippen MR) is 102 cm³/mol. The fourth-order valence-corrected chi connectivity index (χ4v) is 2.83. The number of alkyl halides is 2.